The lowest BCUT2D eigenvalue weighted by Gasteiger charge is -2.19. The van der Waals surface area contributed by atoms with Gasteiger partial charge in [0.15, 0.2) is 0 Å². The van der Waals surface area contributed by atoms with E-state index in [1.807, 2.05) is 39.1 Å². The molecule has 1 rings (SSSR count). The predicted octanol–water partition coefficient (Wildman–Crippen LogP) is 3.40. The lowest BCUT2D eigenvalue weighted by Crippen LogP contribution is -2.27. The number of amides is 1. The molecule has 0 atom stereocenters. The molecule has 4 heteroatoms. The van der Waals surface area contributed by atoms with Crippen LogP contribution >= 0.6 is 11.3 Å². The molecule has 0 bridgehead atoms. The molecule has 3 nitrogen and oxygen atoms in total. The fourth-order valence-electron chi connectivity index (χ4n) is 0.930. The van der Waals surface area contributed by atoms with E-state index in [-0.39, 0.29) is 0 Å². The van der Waals surface area contributed by atoms with E-state index in [1.165, 1.54) is 0 Å². The summed E-state index contributed by atoms with van der Waals surface area (Å²) in [5, 5.41) is 4.56. The van der Waals surface area contributed by atoms with Crippen LogP contribution in [-0.4, -0.2) is 11.7 Å². The zero-order chi connectivity index (χ0) is 10.8. The number of aryl methyl sites for hydroxylation is 1. The fraction of sp³-hybridized carbons (Fsp3) is 0.500. The molecule has 0 aliphatic carbocycles. The monoisotopic (exact) mass is 213 g/mol. The van der Waals surface area contributed by atoms with E-state index in [1.54, 1.807) is 11.3 Å². The SMILES string of the molecule is Cc1cc(NC(=O)OC(C)(C)C)cs1. The molecular weight excluding hydrogens is 198 g/mol. The zero-order valence-electron chi connectivity index (χ0n) is 8.88. The lowest BCUT2D eigenvalue weighted by molar-refractivity contribution is 0.0636. The lowest BCUT2D eigenvalue weighted by atomic mass is 10.2. The predicted molar refractivity (Wildman–Crippen MR) is 58.9 cm³/mol. The summed E-state index contributed by atoms with van der Waals surface area (Å²) in [6.07, 6.45) is -0.407. The average molecular weight is 213 g/mol. The second-order valence-corrected chi connectivity index (χ2v) is 5.19. The molecule has 1 aromatic heterocycles. The maximum absolute atomic E-state index is 11.3. The summed E-state index contributed by atoms with van der Waals surface area (Å²) < 4.78 is 5.11. The second kappa shape index (κ2) is 4.00. The number of hydrogen-bond acceptors (Lipinski definition) is 3. The molecule has 0 radical (unpaired) electrons. The van der Waals surface area contributed by atoms with Gasteiger partial charge in [-0.15, -0.1) is 11.3 Å². The Hall–Kier alpha value is -1.03. The van der Waals surface area contributed by atoms with Gasteiger partial charge in [0.05, 0.1) is 5.69 Å². The van der Waals surface area contributed by atoms with Gasteiger partial charge in [0.1, 0.15) is 5.60 Å². The molecule has 1 N–H and O–H groups in total. The average Bonchev–Trinajstić information content (AvgIpc) is 2.30. The molecule has 0 aromatic carbocycles. The van der Waals surface area contributed by atoms with Gasteiger partial charge in [-0.2, -0.15) is 0 Å². The largest absolute Gasteiger partial charge is 0.444 e. The number of thiophene rings is 1. The van der Waals surface area contributed by atoms with Crippen LogP contribution in [0.3, 0.4) is 0 Å². The van der Waals surface area contributed by atoms with Crippen LogP contribution in [0.15, 0.2) is 11.4 Å². The number of nitrogens with one attached hydrogen (secondary N) is 1. The molecular formula is C10H15NO2S. The summed E-state index contributed by atoms with van der Waals surface area (Å²) >= 11 is 1.59. The van der Waals surface area contributed by atoms with Crippen LogP contribution in [0.4, 0.5) is 10.5 Å². The molecule has 0 fully saturated rings. The fourth-order valence-corrected chi connectivity index (χ4v) is 1.57. The third-order valence-corrected chi connectivity index (χ3v) is 2.24. The quantitative estimate of drug-likeness (QED) is 0.776. The van der Waals surface area contributed by atoms with Gasteiger partial charge in [-0.1, -0.05) is 0 Å². The molecule has 1 heterocycles. The second-order valence-electron chi connectivity index (χ2n) is 4.07. The maximum atomic E-state index is 11.3. The Morgan fingerprint density at radius 3 is 2.57 bits per heavy atom. The normalized spacial score (nSPS) is 11.1. The first-order valence-electron chi connectivity index (χ1n) is 4.42. The molecule has 78 valence electrons. The Morgan fingerprint density at radius 1 is 1.50 bits per heavy atom. The number of ether oxygens (including phenoxy) is 1. The topological polar surface area (TPSA) is 38.3 Å². The van der Waals surface area contributed by atoms with Crippen molar-refractivity contribution in [3.63, 3.8) is 0 Å². The van der Waals surface area contributed by atoms with Crippen LogP contribution in [0, 0.1) is 6.92 Å². The molecule has 0 unspecified atom stereocenters. The number of carbonyl (C=O) groups excluding carboxylic acids is 1. The highest BCUT2D eigenvalue weighted by Crippen LogP contribution is 2.18. The Bertz CT molecular complexity index is 325. The number of hydrogen-bond donors (Lipinski definition) is 1. The summed E-state index contributed by atoms with van der Waals surface area (Å²) in [6, 6.07) is 1.91. The molecule has 14 heavy (non-hydrogen) atoms. The van der Waals surface area contributed by atoms with Crippen molar-refractivity contribution in [3.05, 3.63) is 16.3 Å². The summed E-state index contributed by atoms with van der Waals surface area (Å²) in [7, 11) is 0. The first-order chi connectivity index (χ1) is 6.37. The van der Waals surface area contributed by atoms with Gasteiger partial charge in [0, 0.05) is 10.3 Å². The van der Waals surface area contributed by atoms with Crippen molar-refractivity contribution in [1.29, 1.82) is 0 Å². The molecule has 0 saturated heterocycles. The van der Waals surface area contributed by atoms with Gasteiger partial charge in [-0.3, -0.25) is 5.32 Å². The van der Waals surface area contributed by atoms with E-state index in [9.17, 15) is 4.79 Å². The Balaban J connectivity index is 2.50. The van der Waals surface area contributed by atoms with E-state index < -0.39 is 11.7 Å². The van der Waals surface area contributed by atoms with Crippen molar-refractivity contribution in [3.8, 4) is 0 Å². The van der Waals surface area contributed by atoms with Crippen LogP contribution < -0.4 is 5.32 Å². The summed E-state index contributed by atoms with van der Waals surface area (Å²) in [5.41, 5.74) is 0.344. The molecule has 0 spiro atoms. The minimum atomic E-state index is -0.449. The Kier molecular flexibility index (Phi) is 3.16. The van der Waals surface area contributed by atoms with Crippen molar-refractivity contribution in [1.82, 2.24) is 0 Å². The van der Waals surface area contributed by atoms with E-state index in [0.717, 1.165) is 10.6 Å². The highest BCUT2D eigenvalue weighted by Gasteiger charge is 2.16. The highest BCUT2D eigenvalue weighted by atomic mass is 32.1. The van der Waals surface area contributed by atoms with Crippen LogP contribution in [-0.2, 0) is 4.74 Å². The number of anilines is 1. The number of carbonyl (C=O) groups is 1. The number of rotatable bonds is 1. The van der Waals surface area contributed by atoms with Crippen molar-refractivity contribution < 1.29 is 9.53 Å². The van der Waals surface area contributed by atoms with Gasteiger partial charge < -0.3 is 4.74 Å². The third kappa shape index (κ3) is 3.79. The maximum Gasteiger partial charge on any atom is 0.412 e. The van der Waals surface area contributed by atoms with E-state index in [2.05, 4.69) is 5.32 Å². The first-order valence-corrected chi connectivity index (χ1v) is 5.30. The van der Waals surface area contributed by atoms with Crippen LogP contribution in [0.2, 0.25) is 0 Å². The van der Waals surface area contributed by atoms with E-state index in [4.69, 9.17) is 4.74 Å². The first kappa shape index (κ1) is 11.0. The highest BCUT2D eigenvalue weighted by molar-refractivity contribution is 7.10. The van der Waals surface area contributed by atoms with Gasteiger partial charge in [0.2, 0.25) is 0 Å². The molecule has 0 aliphatic rings. The summed E-state index contributed by atoms with van der Waals surface area (Å²) in [4.78, 5) is 12.5. The van der Waals surface area contributed by atoms with Gasteiger partial charge in [-0.05, 0) is 33.8 Å². The standard InChI is InChI=1S/C10H15NO2S/c1-7-5-8(6-14-7)11-9(12)13-10(2,3)4/h5-6H,1-4H3,(H,11,12). The third-order valence-electron chi connectivity index (χ3n) is 1.38. The Morgan fingerprint density at radius 2 is 2.14 bits per heavy atom. The van der Waals surface area contributed by atoms with Crippen molar-refractivity contribution in [2.45, 2.75) is 33.3 Å². The van der Waals surface area contributed by atoms with Crippen LogP contribution in [0.25, 0.3) is 0 Å². The summed E-state index contributed by atoms with van der Waals surface area (Å²) in [5.74, 6) is 0. The minimum Gasteiger partial charge on any atom is -0.444 e. The summed E-state index contributed by atoms with van der Waals surface area (Å²) in [6.45, 7) is 7.51. The molecule has 0 saturated carbocycles. The van der Waals surface area contributed by atoms with Gasteiger partial charge >= 0.3 is 6.09 Å². The molecule has 0 aliphatic heterocycles. The van der Waals surface area contributed by atoms with E-state index >= 15 is 0 Å². The van der Waals surface area contributed by atoms with Gasteiger partial charge in [-0.25, -0.2) is 4.79 Å². The Labute approximate surface area is 88.1 Å². The zero-order valence-corrected chi connectivity index (χ0v) is 9.70. The van der Waals surface area contributed by atoms with Crippen molar-refractivity contribution in [2.75, 3.05) is 5.32 Å². The van der Waals surface area contributed by atoms with Crippen LogP contribution in [0.5, 0.6) is 0 Å². The molecule has 1 aromatic rings. The van der Waals surface area contributed by atoms with Crippen molar-refractivity contribution in [2.24, 2.45) is 0 Å². The van der Waals surface area contributed by atoms with Crippen molar-refractivity contribution >= 4 is 23.1 Å². The van der Waals surface area contributed by atoms with E-state index in [0.29, 0.717) is 0 Å². The van der Waals surface area contributed by atoms with Gasteiger partial charge in [0.25, 0.3) is 0 Å². The molecule has 1 amide bonds. The minimum absolute atomic E-state index is 0.407. The smallest absolute Gasteiger partial charge is 0.412 e. The van der Waals surface area contributed by atoms with Crippen LogP contribution in [0.1, 0.15) is 25.6 Å².